The Labute approximate surface area is 157 Å². The molecule has 0 saturated heterocycles. The van der Waals surface area contributed by atoms with Crippen molar-refractivity contribution < 1.29 is 0 Å². The Morgan fingerprint density at radius 3 is 1.56 bits per heavy atom. The van der Waals surface area contributed by atoms with Crippen LogP contribution in [-0.4, -0.2) is 17.2 Å². The number of nitrogens with zero attached hydrogens (tertiary/aromatic N) is 3. The van der Waals surface area contributed by atoms with Crippen LogP contribution in [0.25, 0.3) is 0 Å². The third-order valence-corrected chi connectivity index (χ3v) is 5.56. The van der Waals surface area contributed by atoms with Crippen LogP contribution in [0.2, 0.25) is 0 Å². The van der Waals surface area contributed by atoms with E-state index >= 15 is 0 Å². The Morgan fingerprint density at radius 1 is 0.720 bits per heavy atom. The van der Waals surface area contributed by atoms with Gasteiger partial charge in [0.1, 0.15) is 6.67 Å². The molecule has 25 heavy (non-hydrogen) atoms. The molecule has 1 aliphatic heterocycles. The van der Waals surface area contributed by atoms with E-state index in [4.69, 9.17) is 0 Å². The van der Waals surface area contributed by atoms with E-state index in [0.717, 1.165) is 0 Å². The molecule has 4 nitrogen and oxygen atoms in total. The first-order valence-corrected chi connectivity index (χ1v) is 11.1. The fourth-order valence-corrected chi connectivity index (χ4v) is 3.60. The monoisotopic (exact) mass is 352 g/mol. The van der Waals surface area contributed by atoms with Gasteiger partial charge < -0.3 is 0 Å². The topological polar surface area (TPSA) is 40.0 Å². The predicted octanol–water partition coefficient (Wildman–Crippen LogP) is 7.17. The zero-order valence-electron chi connectivity index (χ0n) is 17.4. The van der Waals surface area contributed by atoms with Gasteiger partial charge in [-0.2, -0.15) is 10.1 Å². The third-order valence-electron chi connectivity index (χ3n) is 5.56. The lowest BCUT2D eigenvalue weighted by molar-refractivity contribution is 0.0784. The van der Waals surface area contributed by atoms with Gasteiger partial charge >= 0.3 is 0 Å². The molecule has 0 aromatic carbocycles. The molecule has 148 valence electrons. The number of rotatable bonds is 17. The van der Waals surface area contributed by atoms with Crippen LogP contribution in [0.15, 0.2) is 10.3 Å². The van der Waals surface area contributed by atoms with Crippen LogP contribution in [0.5, 0.6) is 0 Å². The Hall–Kier alpha value is -0.640. The quantitative estimate of drug-likeness (QED) is 0.282. The van der Waals surface area contributed by atoms with Gasteiger partial charge in [0.25, 0.3) is 0 Å². The van der Waals surface area contributed by atoms with E-state index in [9.17, 15) is 0 Å². The van der Waals surface area contributed by atoms with E-state index < -0.39 is 0 Å². The molecular formula is C21H44N4. The van der Waals surface area contributed by atoms with Crippen molar-refractivity contribution in [3.05, 3.63) is 0 Å². The molecule has 0 saturated carbocycles. The van der Waals surface area contributed by atoms with Gasteiger partial charge in [0, 0.05) is 5.54 Å². The largest absolute Gasteiger partial charge is 0.219 e. The standard InChI is InChI=1S/C21H44N4/c1-4-5-6-7-8-9-10-11-12-13-14-15-16-17-18-19-21(2,3)25-20-22-23-24-25/h4-20H2,1-3H3,(H,22,24). The first-order chi connectivity index (χ1) is 12.2. The minimum atomic E-state index is 0.153. The Kier molecular flexibility index (Phi) is 13.0. The summed E-state index contributed by atoms with van der Waals surface area (Å²) in [7, 11) is 0. The smallest absolute Gasteiger partial charge is 0.134 e. The lowest BCUT2D eigenvalue weighted by Gasteiger charge is -2.33. The molecule has 1 N–H and O–H groups in total. The summed E-state index contributed by atoms with van der Waals surface area (Å²) >= 11 is 0. The maximum absolute atomic E-state index is 3.99. The summed E-state index contributed by atoms with van der Waals surface area (Å²) in [5, 5.41) is 9.98. The molecule has 0 aliphatic carbocycles. The summed E-state index contributed by atoms with van der Waals surface area (Å²) in [5.41, 5.74) is 3.14. The number of unbranched alkanes of at least 4 members (excludes halogenated alkanes) is 14. The summed E-state index contributed by atoms with van der Waals surface area (Å²) in [6.07, 6.45) is 22.6. The summed E-state index contributed by atoms with van der Waals surface area (Å²) in [4.78, 5) is 0. The van der Waals surface area contributed by atoms with Crippen LogP contribution >= 0.6 is 0 Å². The molecule has 0 spiro atoms. The van der Waals surface area contributed by atoms with Crippen LogP contribution < -0.4 is 5.53 Å². The summed E-state index contributed by atoms with van der Waals surface area (Å²) in [6, 6.07) is 0. The normalized spacial score (nSPS) is 15.0. The van der Waals surface area contributed by atoms with Crippen LogP contribution in [0.1, 0.15) is 124 Å². The number of hydrazine groups is 1. The van der Waals surface area contributed by atoms with Gasteiger partial charge in [-0.25, -0.2) is 5.53 Å². The highest BCUT2D eigenvalue weighted by Gasteiger charge is 2.28. The summed E-state index contributed by atoms with van der Waals surface area (Å²) < 4.78 is 0. The highest BCUT2D eigenvalue weighted by Crippen LogP contribution is 2.22. The second-order valence-electron chi connectivity index (χ2n) is 8.42. The van der Waals surface area contributed by atoms with Gasteiger partial charge in [-0.1, -0.05) is 108 Å². The molecule has 0 unspecified atom stereocenters. The highest BCUT2D eigenvalue weighted by molar-refractivity contribution is 4.79. The van der Waals surface area contributed by atoms with E-state index in [1.54, 1.807) is 0 Å². The molecule has 0 aromatic rings. The van der Waals surface area contributed by atoms with Crippen molar-refractivity contribution in [2.24, 2.45) is 10.3 Å². The van der Waals surface area contributed by atoms with Crippen molar-refractivity contribution in [3.63, 3.8) is 0 Å². The Bertz CT molecular complexity index is 320. The SMILES string of the molecule is CCCCCCCCCCCCCCCCCC(C)(C)N1CN=NN1. The highest BCUT2D eigenvalue weighted by atomic mass is 15.8. The van der Waals surface area contributed by atoms with Gasteiger partial charge in [-0.15, -0.1) is 0 Å². The van der Waals surface area contributed by atoms with Gasteiger partial charge in [-0.3, -0.25) is 0 Å². The second kappa shape index (κ2) is 14.5. The fraction of sp³-hybridized carbons (Fsp3) is 1.00. The van der Waals surface area contributed by atoms with Crippen molar-refractivity contribution in [1.82, 2.24) is 10.5 Å². The molecule has 0 aromatic heterocycles. The molecule has 4 heteroatoms. The van der Waals surface area contributed by atoms with Crippen LogP contribution in [0.4, 0.5) is 0 Å². The van der Waals surface area contributed by atoms with Crippen molar-refractivity contribution in [2.45, 2.75) is 129 Å². The zero-order chi connectivity index (χ0) is 18.2. The molecule has 0 atom stereocenters. The fourth-order valence-electron chi connectivity index (χ4n) is 3.60. The van der Waals surface area contributed by atoms with E-state index in [-0.39, 0.29) is 5.54 Å². The zero-order valence-corrected chi connectivity index (χ0v) is 17.4. The average Bonchev–Trinajstić information content (AvgIpc) is 3.14. The van der Waals surface area contributed by atoms with Crippen LogP contribution in [0, 0.1) is 0 Å². The molecule has 0 bridgehead atoms. The van der Waals surface area contributed by atoms with Crippen molar-refractivity contribution >= 4 is 0 Å². The minimum Gasteiger partial charge on any atom is -0.219 e. The first kappa shape index (κ1) is 22.4. The summed E-state index contributed by atoms with van der Waals surface area (Å²) in [6.45, 7) is 7.53. The Balaban J connectivity index is 1.77. The van der Waals surface area contributed by atoms with E-state index in [1.165, 1.54) is 103 Å². The lowest BCUT2D eigenvalue weighted by Crippen LogP contribution is -2.47. The molecular weight excluding hydrogens is 308 g/mol. The number of nitrogens with one attached hydrogen (secondary N) is 1. The Morgan fingerprint density at radius 2 is 1.16 bits per heavy atom. The average molecular weight is 353 g/mol. The van der Waals surface area contributed by atoms with Gasteiger partial charge in [0.05, 0.1) is 0 Å². The van der Waals surface area contributed by atoms with Crippen LogP contribution in [0.3, 0.4) is 0 Å². The lowest BCUT2D eigenvalue weighted by atomic mass is 9.95. The summed E-state index contributed by atoms with van der Waals surface area (Å²) in [5.74, 6) is 0. The molecule has 1 heterocycles. The van der Waals surface area contributed by atoms with E-state index in [2.05, 4.69) is 41.7 Å². The molecule has 1 rings (SSSR count). The van der Waals surface area contributed by atoms with Gasteiger partial charge in [0.2, 0.25) is 0 Å². The molecule has 0 fully saturated rings. The predicted molar refractivity (Wildman–Crippen MR) is 108 cm³/mol. The van der Waals surface area contributed by atoms with Gasteiger partial charge in [-0.05, 0) is 20.3 Å². The number of hydrogen-bond acceptors (Lipinski definition) is 4. The number of hydrogen-bond donors (Lipinski definition) is 1. The van der Waals surface area contributed by atoms with E-state index in [1.807, 2.05) is 0 Å². The van der Waals surface area contributed by atoms with Crippen molar-refractivity contribution in [3.8, 4) is 0 Å². The van der Waals surface area contributed by atoms with Gasteiger partial charge in [0.15, 0.2) is 0 Å². The maximum atomic E-state index is 3.99. The van der Waals surface area contributed by atoms with Crippen LogP contribution in [-0.2, 0) is 0 Å². The van der Waals surface area contributed by atoms with E-state index in [0.29, 0.717) is 6.67 Å². The molecule has 1 aliphatic rings. The first-order valence-electron chi connectivity index (χ1n) is 11.1. The minimum absolute atomic E-state index is 0.153. The third kappa shape index (κ3) is 11.6. The molecule has 0 amide bonds. The second-order valence-corrected chi connectivity index (χ2v) is 8.42. The van der Waals surface area contributed by atoms with Crippen molar-refractivity contribution in [2.75, 3.05) is 6.67 Å². The molecule has 0 radical (unpaired) electrons. The maximum Gasteiger partial charge on any atom is 0.134 e. The van der Waals surface area contributed by atoms with Crippen molar-refractivity contribution in [1.29, 1.82) is 0 Å².